The van der Waals surface area contributed by atoms with Crippen LogP contribution in [0.5, 0.6) is 0 Å². The van der Waals surface area contributed by atoms with Gasteiger partial charge in [-0.3, -0.25) is 9.59 Å². The van der Waals surface area contributed by atoms with Crippen molar-refractivity contribution in [1.82, 2.24) is 4.90 Å². The van der Waals surface area contributed by atoms with E-state index in [2.05, 4.69) is 0 Å². The lowest BCUT2D eigenvalue weighted by atomic mass is 10.2. The first-order valence-corrected chi connectivity index (χ1v) is 7.45. The van der Waals surface area contributed by atoms with Crippen molar-refractivity contribution in [2.24, 2.45) is 0 Å². The molecule has 0 N–H and O–H groups in total. The number of carbonyl (C=O) groups is 2. The fraction of sp³-hybridized carbons (Fsp3) is 0.500. The first kappa shape index (κ1) is 15.5. The minimum absolute atomic E-state index is 0.0519. The number of anilines is 1. The third-order valence-electron chi connectivity index (χ3n) is 3.75. The average Bonchev–Trinajstić information content (AvgIpc) is 2.67. The van der Waals surface area contributed by atoms with Crippen LogP contribution in [0, 0.1) is 5.82 Å². The molecule has 1 fully saturated rings. The van der Waals surface area contributed by atoms with E-state index in [4.69, 9.17) is 0 Å². The van der Waals surface area contributed by atoms with E-state index in [1.165, 1.54) is 12.1 Å². The summed E-state index contributed by atoms with van der Waals surface area (Å²) in [5.41, 5.74) is 0.658. The summed E-state index contributed by atoms with van der Waals surface area (Å²) in [7, 11) is 0. The highest BCUT2D eigenvalue weighted by Gasteiger charge is 2.22. The number of likely N-dealkylation sites (tertiary alicyclic amines) is 1. The van der Waals surface area contributed by atoms with Gasteiger partial charge in [0.1, 0.15) is 12.4 Å². The Balaban J connectivity index is 2.05. The average molecular weight is 292 g/mol. The van der Waals surface area contributed by atoms with Gasteiger partial charge in [0.2, 0.25) is 11.8 Å². The monoisotopic (exact) mass is 292 g/mol. The number of rotatable bonds is 4. The van der Waals surface area contributed by atoms with Crippen LogP contribution in [-0.4, -0.2) is 36.3 Å². The highest BCUT2D eigenvalue weighted by atomic mass is 19.1. The lowest BCUT2D eigenvalue weighted by molar-refractivity contribution is -0.134. The van der Waals surface area contributed by atoms with Crippen molar-refractivity contribution < 1.29 is 14.0 Å². The minimum Gasteiger partial charge on any atom is -0.333 e. The molecule has 0 aliphatic carbocycles. The topological polar surface area (TPSA) is 40.6 Å². The molecule has 0 unspecified atom stereocenters. The van der Waals surface area contributed by atoms with Crippen molar-refractivity contribution in [3.8, 4) is 0 Å². The van der Waals surface area contributed by atoms with E-state index in [0.29, 0.717) is 25.2 Å². The van der Waals surface area contributed by atoms with Gasteiger partial charge in [0.05, 0.1) is 0 Å². The lowest BCUT2D eigenvalue weighted by Crippen LogP contribution is -2.42. The van der Waals surface area contributed by atoms with Gasteiger partial charge < -0.3 is 9.80 Å². The second kappa shape index (κ2) is 7.20. The molecular weight excluding hydrogens is 271 g/mol. The number of nitrogens with zero attached hydrogens (tertiary/aromatic N) is 2. The van der Waals surface area contributed by atoms with Gasteiger partial charge in [0.25, 0.3) is 0 Å². The molecule has 1 aromatic carbocycles. The molecule has 1 heterocycles. The van der Waals surface area contributed by atoms with E-state index in [0.717, 1.165) is 19.3 Å². The van der Waals surface area contributed by atoms with Crippen molar-refractivity contribution in [2.45, 2.75) is 32.6 Å². The summed E-state index contributed by atoms with van der Waals surface area (Å²) >= 11 is 0. The van der Waals surface area contributed by atoms with Crippen molar-refractivity contribution in [2.75, 3.05) is 24.5 Å². The zero-order valence-corrected chi connectivity index (χ0v) is 12.3. The molecule has 0 atom stereocenters. The van der Waals surface area contributed by atoms with Crippen LogP contribution >= 0.6 is 0 Å². The number of amides is 2. The number of likely N-dealkylation sites (N-methyl/N-ethyl adjacent to an activating group) is 1. The van der Waals surface area contributed by atoms with Crippen LogP contribution < -0.4 is 4.90 Å². The van der Waals surface area contributed by atoms with Crippen LogP contribution in [0.25, 0.3) is 0 Å². The number of halogens is 1. The SMILES string of the molecule is CCN(C(=O)CN1CCCCCC1=O)c1ccc(F)cc1. The molecular formula is C16H21FN2O2. The number of benzene rings is 1. The van der Waals surface area contributed by atoms with Crippen LogP contribution in [0.3, 0.4) is 0 Å². The fourth-order valence-corrected chi connectivity index (χ4v) is 2.58. The first-order valence-electron chi connectivity index (χ1n) is 7.45. The normalized spacial score (nSPS) is 15.7. The molecule has 0 saturated carbocycles. The third-order valence-corrected chi connectivity index (χ3v) is 3.75. The molecule has 21 heavy (non-hydrogen) atoms. The zero-order chi connectivity index (χ0) is 15.2. The Hall–Kier alpha value is -1.91. The predicted molar refractivity (Wildman–Crippen MR) is 79.5 cm³/mol. The number of carbonyl (C=O) groups excluding carboxylic acids is 2. The van der Waals surface area contributed by atoms with Gasteiger partial charge in [-0.05, 0) is 44.0 Å². The van der Waals surface area contributed by atoms with Gasteiger partial charge in [0, 0.05) is 25.2 Å². The Kier molecular flexibility index (Phi) is 5.31. The van der Waals surface area contributed by atoms with Crippen molar-refractivity contribution in [1.29, 1.82) is 0 Å². The molecule has 2 rings (SSSR count). The summed E-state index contributed by atoms with van der Waals surface area (Å²) in [6.45, 7) is 3.10. The molecule has 4 nitrogen and oxygen atoms in total. The Labute approximate surface area is 124 Å². The quantitative estimate of drug-likeness (QED) is 0.856. The van der Waals surface area contributed by atoms with Gasteiger partial charge in [-0.2, -0.15) is 0 Å². The molecule has 5 heteroatoms. The molecule has 1 aliphatic rings. The van der Waals surface area contributed by atoms with Crippen molar-refractivity contribution in [3.05, 3.63) is 30.1 Å². The number of hydrogen-bond donors (Lipinski definition) is 0. The minimum atomic E-state index is -0.329. The van der Waals surface area contributed by atoms with Crippen LogP contribution in [0.4, 0.5) is 10.1 Å². The molecule has 114 valence electrons. The Bertz CT molecular complexity index is 502. The van der Waals surface area contributed by atoms with Crippen molar-refractivity contribution in [3.63, 3.8) is 0 Å². The van der Waals surface area contributed by atoms with E-state index < -0.39 is 0 Å². The van der Waals surface area contributed by atoms with Crippen LogP contribution in [0.2, 0.25) is 0 Å². The Morgan fingerprint density at radius 1 is 1.24 bits per heavy atom. The molecule has 0 radical (unpaired) electrons. The summed E-state index contributed by atoms with van der Waals surface area (Å²) in [6.07, 6.45) is 3.41. The van der Waals surface area contributed by atoms with Crippen LogP contribution in [0.1, 0.15) is 32.6 Å². The van der Waals surface area contributed by atoms with E-state index in [-0.39, 0.29) is 24.2 Å². The summed E-state index contributed by atoms with van der Waals surface area (Å²) in [6, 6.07) is 5.84. The van der Waals surface area contributed by atoms with Gasteiger partial charge in [0.15, 0.2) is 0 Å². The maximum Gasteiger partial charge on any atom is 0.246 e. The van der Waals surface area contributed by atoms with Gasteiger partial charge >= 0.3 is 0 Å². The molecule has 0 spiro atoms. The zero-order valence-electron chi connectivity index (χ0n) is 12.3. The van der Waals surface area contributed by atoms with E-state index in [1.807, 2.05) is 6.92 Å². The van der Waals surface area contributed by atoms with E-state index in [1.54, 1.807) is 21.9 Å². The lowest BCUT2D eigenvalue weighted by Gasteiger charge is -2.26. The van der Waals surface area contributed by atoms with Crippen LogP contribution in [0.15, 0.2) is 24.3 Å². The third kappa shape index (κ3) is 4.03. The summed E-state index contributed by atoms with van der Waals surface area (Å²) in [5, 5.41) is 0. The fourth-order valence-electron chi connectivity index (χ4n) is 2.58. The standard InChI is InChI=1S/C16H21FN2O2/c1-2-19(14-9-7-13(17)8-10-14)16(21)12-18-11-5-3-4-6-15(18)20/h7-10H,2-6,11-12H2,1H3. The predicted octanol–water partition coefficient (Wildman–Crippen LogP) is 2.58. The maximum atomic E-state index is 13.0. The Morgan fingerprint density at radius 3 is 2.62 bits per heavy atom. The summed E-state index contributed by atoms with van der Waals surface area (Å²) in [4.78, 5) is 27.6. The molecule has 1 saturated heterocycles. The number of hydrogen-bond acceptors (Lipinski definition) is 2. The highest BCUT2D eigenvalue weighted by molar-refractivity contribution is 5.96. The summed E-state index contributed by atoms with van der Waals surface area (Å²) in [5.74, 6) is -0.402. The van der Waals surface area contributed by atoms with Gasteiger partial charge in [-0.1, -0.05) is 6.42 Å². The molecule has 2 amide bonds. The molecule has 1 aromatic rings. The molecule has 0 bridgehead atoms. The Morgan fingerprint density at radius 2 is 1.95 bits per heavy atom. The maximum absolute atomic E-state index is 13.0. The molecule has 0 aromatic heterocycles. The summed E-state index contributed by atoms with van der Waals surface area (Å²) < 4.78 is 13.0. The first-order chi connectivity index (χ1) is 10.1. The largest absolute Gasteiger partial charge is 0.333 e. The van der Waals surface area contributed by atoms with Crippen LogP contribution in [-0.2, 0) is 9.59 Å². The van der Waals surface area contributed by atoms with Crippen molar-refractivity contribution >= 4 is 17.5 Å². The van der Waals surface area contributed by atoms with Gasteiger partial charge in [-0.25, -0.2) is 4.39 Å². The van der Waals surface area contributed by atoms with E-state index in [9.17, 15) is 14.0 Å². The second-order valence-electron chi connectivity index (χ2n) is 5.24. The highest BCUT2D eigenvalue weighted by Crippen LogP contribution is 2.16. The van der Waals surface area contributed by atoms with Gasteiger partial charge in [-0.15, -0.1) is 0 Å². The smallest absolute Gasteiger partial charge is 0.246 e. The molecule has 1 aliphatic heterocycles. The van der Waals surface area contributed by atoms with E-state index >= 15 is 0 Å². The second-order valence-corrected chi connectivity index (χ2v) is 5.24.